The molecule has 2 N–H and O–H groups in total. The summed E-state index contributed by atoms with van der Waals surface area (Å²) in [6, 6.07) is 23.9. The van der Waals surface area contributed by atoms with E-state index in [1.807, 2.05) is 14.1 Å². The lowest BCUT2D eigenvalue weighted by atomic mass is 9.90. The Morgan fingerprint density at radius 1 is 1.03 bits per heavy atom. The van der Waals surface area contributed by atoms with Crippen LogP contribution in [0.4, 0.5) is 11.4 Å². The number of rotatable bonds is 8. The van der Waals surface area contributed by atoms with Crippen molar-refractivity contribution in [3.63, 3.8) is 0 Å². The number of ether oxygens (including phenoxy) is 1. The normalized spacial score (nSPS) is 17.2. The Morgan fingerprint density at radius 2 is 1.71 bits per heavy atom. The Hall–Kier alpha value is -3.90. The van der Waals surface area contributed by atoms with E-state index in [4.69, 9.17) is 9.84 Å². The van der Waals surface area contributed by atoms with E-state index >= 15 is 0 Å². The zero-order chi connectivity index (χ0) is 24.1. The molecule has 34 heavy (non-hydrogen) atoms. The van der Waals surface area contributed by atoms with E-state index in [-0.39, 0.29) is 17.9 Å². The molecule has 1 saturated heterocycles. The third-order valence-electron chi connectivity index (χ3n) is 5.96. The molecule has 2 atom stereocenters. The van der Waals surface area contributed by atoms with Crippen molar-refractivity contribution in [2.45, 2.75) is 12.5 Å². The van der Waals surface area contributed by atoms with Crippen LogP contribution in [0.2, 0.25) is 0 Å². The van der Waals surface area contributed by atoms with E-state index in [9.17, 15) is 9.59 Å². The summed E-state index contributed by atoms with van der Waals surface area (Å²) in [6.07, 6.45) is 3.06. The third-order valence-corrected chi connectivity index (χ3v) is 5.96. The van der Waals surface area contributed by atoms with Gasteiger partial charge in [0.05, 0.1) is 18.6 Å². The number of benzene rings is 3. The molecule has 3 aromatic carbocycles. The lowest BCUT2D eigenvalue weighted by Crippen LogP contribution is -2.48. The van der Waals surface area contributed by atoms with Crippen LogP contribution in [0.5, 0.6) is 0 Å². The molecule has 1 heterocycles. The van der Waals surface area contributed by atoms with Crippen LogP contribution in [0.3, 0.4) is 0 Å². The average molecular weight is 457 g/mol. The fourth-order valence-electron chi connectivity index (χ4n) is 3.91. The predicted molar refractivity (Wildman–Crippen MR) is 135 cm³/mol. The topological polar surface area (TPSA) is 78.9 Å². The van der Waals surface area contributed by atoms with Gasteiger partial charge in [-0.15, -0.1) is 0 Å². The largest absolute Gasteiger partial charge is 0.478 e. The smallest absolute Gasteiger partial charge is 0.328 e. The second-order valence-corrected chi connectivity index (χ2v) is 8.61. The van der Waals surface area contributed by atoms with Crippen molar-refractivity contribution >= 4 is 29.3 Å². The predicted octanol–water partition coefficient (Wildman–Crippen LogP) is 4.71. The Labute approximate surface area is 199 Å². The summed E-state index contributed by atoms with van der Waals surface area (Å²) in [4.78, 5) is 25.6. The van der Waals surface area contributed by atoms with Gasteiger partial charge in [0.1, 0.15) is 0 Å². The standard InChI is InChI=1S/C28H28N2O4/c1-30(2)24-13-11-22(12-14-24)21-9-6-20(7-10-21)17-26-25(18-34-26)28(33)29-23-5-3-4-19(16-23)8-15-27(31)32/h3-16,25-26H,17-18H2,1-2H3,(H,29,33)(H,31,32)/b15-8+. The Balaban J connectivity index is 1.35. The monoisotopic (exact) mass is 456 g/mol. The van der Waals surface area contributed by atoms with Gasteiger partial charge in [-0.25, -0.2) is 4.79 Å². The number of carboxylic acids is 1. The molecule has 4 rings (SSSR count). The van der Waals surface area contributed by atoms with Gasteiger partial charge in [0.25, 0.3) is 0 Å². The second-order valence-electron chi connectivity index (χ2n) is 8.61. The highest BCUT2D eigenvalue weighted by atomic mass is 16.5. The molecule has 6 nitrogen and oxygen atoms in total. The van der Waals surface area contributed by atoms with E-state index in [2.05, 4.69) is 58.7 Å². The van der Waals surface area contributed by atoms with E-state index in [1.54, 1.807) is 24.3 Å². The number of carbonyl (C=O) groups excluding carboxylic acids is 1. The fourth-order valence-corrected chi connectivity index (χ4v) is 3.91. The van der Waals surface area contributed by atoms with Gasteiger partial charge in [-0.1, -0.05) is 48.5 Å². The summed E-state index contributed by atoms with van der Waals surface area (Å²) < 4.78 is 5.70. The van der Waals surface area contributed by atoms with Crippen LogP contribution in [0, 0.1) is 5.92 Å². The van der Waals surface area contributed by atoms with Crippen LogP contribution < -0.4 is 10.2 Å². The minimum atomic E-state index is -1.01. The average Bonchev–Trinajstić information content (AvgIpc) is 2.81. The number of nitrogens with zero attached hydrogens (tertiary/aromatic N) is 1. The molecule has 3 aromatic rings. The number of anilines is 2. The van der Waals surface area contributed by atoms with Gasteiger partial charge in [-0.3, -0.25) is 4.79 Å². The number of carbonyl (C=O) groups is 2. The first-order valence-electron chi connectivity index (χ1n) is 11.2. The number of carboxylic acid groups (broad SMARTS) is 1. The minimum Gasteiger partial charge on any atom is -0.478 e. The summed E-state index contributed by atoms with van der Waals surface area (Å²) in [5.74, 6) is -1.33. The number of aliphatic carboxylic acids is 1. The first kappa shape index (κ1) is 23.3. The summed E-state index contributed by atoms with van der Waals surface area (Å²) >= 11 is 0. The molecule has 6 heteroatoms. The highest BCUT2D eigenvalue weighted by Gasteiger charge is 2.37. The SMILES string of the molecule is CN(C)c1ccc(-c2ccc(CC3OCC3C(=O)Nc3cccc(/C=C/C(=O)O)c3)cc2)cc1. The van der Waals surface area contributed by atoms with Crippen LogP contribution in [0.1, 0.15) is 11.1 Å². The molecule has 1 aliphatic rings. The summed E-state index contributed by atoms with van der Waals surface area (Å²) in [6.45, 7) is 0.394. The Kier molecular flexibility index (Phi) is 7.09. The van der Waals surface area contributed by atoms with E-state index in [0.717, 1.165) is 28.5 Å². The molecular weight excluding hydrogens is 428 g/mol. The first-order valence-corrected chi connectivity index (χ1v) is 11.2. The van der Waals surface area contributed by atoms with E-state index in [1.165, 1.54) is 6.08 Å². The van der Waals surface area contributed by atoms with Gasteiger partial charge in [0.2, 0.25) is 5.91 Å². The van der Waals surface area contributed by atoms with Crippen molar-refractivity contribution in [3.8, 4) is 11.1 Å². The summed E-state index contributed by atoms with van der Waals surface area (Å²) in [7, 11) is 4.05. The molecule has 2 unspecified atom stereocenters. The van der Waals surface area contributed by atoms with Gasteiger partial charge in [0.15, 0.2) is 0 Å². The number of nitrogens with one attached hydrogen (secondary N) is 1. The molecular formula is C28H28N2O4. The fraction of sp³-hybridized carbons (Fsp3) is 0.214. The Bertz CT molecular complexity index is 1180. The molecule has 0 aromatic heterocycles. The van der Waals surface area contributed by atoms with Crippen molar-refractivity contribution in [2.24, 2.45) is 5.92 Å². The van der Waals surface area contributed by atoms with Gasteiger partial charge in [-0.2, -0.15) is 0 Å². The van der Waals surface area contributed by atoms with Crippen LogP contribution in [-0.4, -0.2) is 43.8 Å². The summed E-state index contributed by atoms with van der Waals surface area (Å²) in [5, 5.41) is 11.7. The second kappa shape index (κ2) is 10.4. The van der Waals surface area contributed by atoms with Crippen molar-refractivity contribution in [2.75, 3.05) is 30.9 Å². The molecule has 0 bridgehead atoms. The van der Waals surface area contributed by atoms with Crippen molar-refractivity contribution < 1.29 is 19.4 Å². The zero-order valence-electron chi connectivity index (χ0n) is 19.3. The molecule has 0 radical (unpaired) electrons. The van der Waals surface area contributed by atoms with Crippen LogP contribution in [0.25, 0.3) is 17.2 Å². The quantitative estimate of drug-likeness (QED) is 0.480. The Morgan fingerprint density at radius 3 is 2.29 bits per heavy atom. The molecule has 174 valence electrons. The van der Waals surface area contributed by atoms with Gasteiger partial charge in [0, 0.05) is 31.5 Å². The van der Waals surface area contributed by atoms with E-state index < -0.39 is 5.97 Å². The lowest BCUT2D eigenvalue weighted by molar-refractivity contribution is -0.150. The lowest BCUT2D eigenvalue weighted by Gasteiger charge is -2.35. The van der Waals surface area contributed by atoms with Crippen molar-refractivity contribution in [1.29, 1.82) is 0 Å². The zero-order valence-corrected chi connectivity index (χ0v) is 19.3. The molecule has 0 aliphatic carbocycles. The van der Waals surface area contributed by atoms with Crippen LogP contribution in [0.15, 0.2) is 78.9 Å². The molecule has 1 amide bonds. The third kappa shape index (κ3) is 5.71. The maximum Gasteiger partial charge on any atom is 0.328 e. The van der Waals surface area contributed by atoms with Gasteiger partial charge < -0.3 is 20.1 Å². The highest BCUT2D eigenvalue weighted by Crippen LogP contribution is 2.28. The molecule has 1 fully saturated rings. The van der Waals surface area contributed by atoms with Gasteiger partial charge >= 0.3 is 5.97 Å². The van der Waals surface area contributed by atoms with Gasteiger partial charge in [-0.05, 0) is 59.0 Å². The maximum atomic E-state index is 12.8. The number of hydrogen-bond donors (Lipinski definition) is 2. The molecule has 0 saturated carbocycles. The van der Waals surface area contributed by atoms with Crippen LogP contribution >= 0.6 is 0 Å². The summed E-state index contributed by atoms with van der Waals surface area (Å²) in [5.41, 5.74) is 5.93. The maximum absolute atomic E-state index is 12.8. The number of hydrogen-bond acceptors (Lipinski definition) is 4. The van der Waals surface area contributed by atoms with Crippen molar-refractivity contribution in [3.05, 3.63) is 90.0 Å². The van der Waals surface area contributed by atoms with Crippen LogP contribution in [-0.2, 0) is 20.7 Å². The minimum absolute atomic E-state index is 0.0896. The highest BCUT2D eigenvalue weighted by molar-refractivity contribution is 5.94. The first-order chi connectivity index (χ1) is 16.4. The van der Waals surface area contributed by atoms with Crippen molar-refractivity contribution in [1.82, 2.24) is 0 Å². The molecule has 1 aliphatic heterocycles. The number of amides is 1. The van der Waals surface area contributed by atoms with E-state index in [0.29, 0.717) is 24.3 Å². The molecule has 0 spiro atoms.